The van der Waals surface area contributed by atoms with Gasteiger partial charge in [0.2, 0.25) is 5.91 Å². The molecule has 168 valence electrons. The molecule has 1 atom stereocenters. The first kappa shape index (κ1) is 22.3. The number of halogens is 1. The van der Waals surface area contributed by atoms with Gasteiger partial charge in [-0.05, 0) is 72.4 Å². The summed E-state index contributed by atoms with van der Waals surface area (Å²) in [6.07, 6.45) is 3.23. The van der Waals surface area contributed by atoms with E-state index in [1.54, 1.807) is 54.7 Å². The monoisotopic (exact) mass is 464 g/mol. The van der Waals surface area contributed by atoms with Gasteiger partial charge in [-0.15, -0.1) is 0 Å². The minimum Gasteiger partial charge on any atom is -0.497 e. The van der Waals surface area contributed by atoms with Gasteiger partial charge in [0.05, 0.1) is 19.2 Å². The van der Waals surface area contributed by atoms with E-state index < -0.39 is 11.9 Å². The Morgan fingerprint density at radius 1 is 1.15 bits per heavy atom. The second-order valence-electron chi connectivity index (χ2n) is 7.42. The Balaban J connectivity index is 1.59. The molecular weight excluding hydrogens is 443 g/mol. The van der Waals surface area contributed by atoms with Gasteiger partial charge >= 0.3 is 0 Å². The fraction of sp³-hybridized carbons (Fsp3) is 0.167. The van der Waals surface area contributed by atoms with Crippen LogP contribution in [0.1, 0.15) is 12.0 Å². The van der Waals surface area contributed by atoms with E-state index in [1.807, 2.05) is 6.07 Å². The number of anilines is 2. The van der Waals surface area contributed by atoms with E-state index >= 15 is 0 Å². The van der Waals surface area contributed by atoms with Crippen LogP contribution in [0.3, 0.4) is 0 Å². The van der Waals surface area contributed by atoms with E-state index in [9.17, 15) is 14.0 Å². The van der Waals surface area contributed by atoms with Crippen LogP contribution in [-0.2, 0) is 16.1 Å². The van der Waals surface area contributed by atoms with Gasteiger partial charge in [0.15, 0.2) is 5.11 Å². The predicted molar refractivity (Wildman–Crippen MR) is 126 cm³/mol. The van der Waals surface area contributed by atoms with Gasteiger partial charge in [0.1, 0.15) is 17.6 Å². The Kier molecular flexibility index (Phi) is 6.60. The minimum absolute atomic E-state index is 0.122. The standard InChI is InChI=1S/C24H21FN4O3S/c1-32-20-10-8-19(9-11-20)29-23(31)21(13-22(30)27-18-6-4-17(25)5-7-18)28(24(29)33)15-16-3-2-12-26-14-16/h2-12,14,21H,13,15H2,1H3,(H,27,30)/t21-/m0/s1. The number of nitrogens with zero attached hydrogens (tertiary/aromatic N) is 3. The van der Waals surface area contributed by atoms with E-state index in [0.29, 0.717) is 28.8 Å². The minimum atomic E-state index is -0.805. The number of thiocarbonyl (C=S) groups is 1. The third kappa shape index (κ3) is 4.98. The van der Waals surface area contributed by atoms with Crippen molar-refractivity contribution < 1.29 is 18.7 Å². The van der Waals surface area contributed by atoms with Gasteiger partial charge in [-0.2, -0.15) is 0 Å². The van der Waals surface area contributed by atoms with Crippen LogP contribution in [0, 0.1) is 5.82 Å². The zero-order valence-corrected chi connectivity index (χ0v) is 18.6. The fourth-order valence-corrected chi connectivity index (χ4v) is 3.98. The lowest BCUT2D eigenvalue weighted by molar-refractivity contribution is -0.124. The number of ether oxygens (including phenoxy) is 1. The number of benzene rings is 2. The summed E-state index contributed by atoms with van der Waals surface area (Å²) in [5.74, 6) is -0.431. The highest BCUT2D eigenvalue weighted by Crippen LogP contribution is 2.30. The Morgan fingerprint density at radius 2 is 1.88 bits per heavy atom. The van der Waals surface area contributed by atoms with Crippen molar-refractivity contribution in [3.63, 3.8) is 0 Å². The molecule has 0 spiro atoms. The van der Waals surface area contributed by atoms with E-state index in [1.165, 1.54) is 29.2 Å². The van der Waals surface area contributed by atoms with Crippen molar-refractivity contribution in [2.45, 2.75) is 19.0 Å². The lowest BCUT2D eigenvalue weighted by atomic mass is 10.1. The topological polar surface area (TPSA) is 74.8 Å². The van der Waals surface area contributed by atoms with Crippen molar-refractivity contribution in [1.82, 2.24) is 9.88 Å². The van der Waals surface area contributed by atoms with Crippen molar-refractivity contribution >= 4 is 40.5 Å². The average Bonchev–Trinajstić information content (AvgIpc) is 3.05. The quantitative estimate of drug-likeness (QED) is 0.537. The number of hydrogen-bond acceptors (Lipinski definition) is 5. The Bertz CT molecular complexity index is 1160. The lowest BCUT2D eigenvalue weighted by Crippen LogP contribution is -2.37. The Hall–Kier alpha value is -3.85. The van der Waals surface area contributed by atoms with Crippen LogP contribution in [0.15, 0.2) is 73.1 Å². The maximum absolute atomic E-state index is 13.4. The number of aromatic nitrogens is 1. The van der Waals surface area contributed by atoms with Crippen LogP contribution in [0.5, 0.6) is 5.75 Å². The molecule has 3 aromatic rings. The maximum Gasteiger partial charge on any atom is 0.256 e. The summed E-state index contributed by atoms with van der Waals surface area (Å²) < 4.78 is 18.4. The molecule has 1 aliphatic rings. The zero-order chi connectivity index (χ0) is 23.4. The van der Waals surface area contributed by atoms with Crippen molar-refractivity contribution in [3.8, 4) is 5.75 Å². The van der Waals surface area contributed by atoms with Gasteiger partial charge in [0, 0.05) is 24.6 Å². The van der Waals surface area contributed by atoms with Crippen LogP contribution in [-0.4, -0.2) is 40.0 Å². The summed E-state index contributed by atoms with van der Waals surface area (Å²) in [5, 5.41) is 3.01. The van der Waals surface area contributed by atoms with Crippen molar-refractivity contribution in [2.24, 2.45) is 0 Å². The lowest BCUT2D eigenvalue weighted by Gasteiger charge is -2.24. The number of hydrogen-bond donors (Lipinski definition) is 1. The molecule has 1 fully saturated rings. The van der Waals surface area contributed by atoms with Crippen molar-refractivity contribution in [1.29, 1.82) is 0 Å². The molecule has 0 radical (unpaired) electrons. The number of rotatable bonds is 7. The van der Waals surface area contributed by atoms with Gasteiger partial charge in [-0.1, -0.05) is 6.07 Å². The van der Waals surface area contributed by atoms with E-state index in [4.69, 9.17) is 17.0 Å². The highest BCUT2D eigenvalue weighted by molar-refractivity contribution is 7.80. The van der Waals surface area contributed by atoms with E-state index in [-0.39, 0.29) is 18.2 Å². The molecule has 1 aliphatic heterocycles. The van der Waals surface area contributed by atoms with Crippen LogP contribution in [0.25, 0.3) is 0 Å². The number of nitrogens with one attached hydrogen (secondary N) is 1. The number of carbonyl (C=O) groups excluding carboxylic acids is 2. The molecule has 7 nitrogen and oxygen atoms in total. The first-order valence-corrected chi connectivity index (χ1v) is 10.6. The second kappa shape index (κ2) is 9.74. The molecule has 33 heavy (non-hydrogen) atoms. The summed E-state index contributed by atoms with van der Waals surface area (Å²) in [5.41, 5.74) is 1.89. The van der Waals surface area contributed by atoms with Gasteiger partial charge in [-0.25, -0.2) is 4.39 Å². The molecule has 0 aliphatic carbocycles. The third-order valence-electron chi connectivity index (χ3n) is 5.23. The molecule has 9 heteroatoms. The molecular formula is C24H21FN4O3S. The third-order valence-corrected chi connectivity index (χ3v) is 5.65. The molecule has 1 saturated heterocycles. The summed E-state index contributed by atoms with van der Waals surface area (Å²) in [6, 6.07) is 15.3. The first-order valence-electron chi connectivity index (χ1n) is 10.2. The molecule has 2 heterocycles. The molecule has 0 saturated carbocycles. The van der Waals surface area contributed by atoms with Crippen LogP contribution in [0.4, 0.5) is 15.8 Å². The fourth-order valence-electron chi connectivity index (χ4n) is 3.59. The first-order chi connectivity index (χ1) is 16.0. The summed E-state index contributed by atoms with van der Waals surface area (Å²) in [7, 11) is 1.56. The normalized spacial score (nSPS) is 15.6. The highest BCUT2D eigenvalue weighted by Gasteiger charge is 2.44. The SMILES string of the molecule is COc1ccc(N2C(=O)[C@H](CC(=O)Nc3ccc(F)cc3)N(Cc3cccnc3)C2=S)cc1. The number of methoxy groups -OCH3 is 1. The summed E-state index contributed by atoms with van der Waals surface area (Å²) in [6.45, 7) is 0.319. The van der Waals surface area contributed by atoms with Crippen LogP contribution < -0.4 is 15.0 Å². The smallest absolute Gasteiger partial charge is 0.256 e. The number of carbonyl (C=O) groups is 2. The van der Waals surface area contributed by atoms with Crippen molar-refractivity contribution in [2.75, 3.05) is 17.3 Å². The number of amides is 2. The second-order valence-corrected chi connectivity index (χ2v) is 7.78. The van der Waals surface area contributed by atoms with Gasteiger partial charge in [-0.3, -0.25) is 19.5 Å². The van der Waals surface area contributed by atoms with E-state index in [2.05, 4.69) is 10.3 Å². The van der Waals surface area contributed by atoms with Gasteiger partial charge < -0.3 is 15.0 Å². The Labute approximate surface area is 195 Å². The largest absolute Gasteiger partial charge is 0.497 e. The van der Waals surface area contributed by atoms with Gasteiger partial charge in [0.25, 0.3) is 5.91 Å². The molecule has 0 bridgehead atoms. The molecule has 2 amide bonds. The zero-order valence-electron chi connectivity index (χ0n) is 17.8. The van der Waals surface area contributed by atoms with Crippen molar-refractivity contribution in [3.05, 3.63) is 84.4 Å². The molecule has 1 N–H and O–H groups in total. The number of pyridine rings is 1. The average molecular weight is 465 g/mol. The Morgan fingerprint density at radius 3 is 2.52 bits per heavy atom. The molecule has 2 aromatic carbocycles. The highest BCUT2D eigenvalue weighted by atomic mass is 32.1. The molecule has 1 aromatic heterocycles. The van der Waals surface area contributed by atoms with Crippen LogP contribution in [0.2, 0.25) is 0 Å². The summed E-state index contributed by atoms with van der Waals surface area (Å²) in [4.78, 5) is 33.5. The van der Waals surface area contributed by atoms with Crippen LogP contribution >= 0.6 is 12.2 Å². The maximum atomic E-state index is 13.4. The predicted octanol–water partition coefficient (Wildman–Crippen LogP) is 3.76. The van der Waals surface area contributed by atoms with E-state index in [0.717, 1.165) is 5.56 Å². The molecule has 0 unspecified atom stereocenters. The molecule has 4 rings (SSSR count). The summed E-state index contributed by atoms with van der Waals surface area (Å²) >= 11 is 5.66.